The topological polar surface area (TPSA) is 141 Å². The molecule has 1 fully saturated rings. The van der Waals surface area contributed by atoms with E-state index in [2.05, 4.69) is 20.2 Å². The molecule has 0 radical (unpaired) electrons. The van der Waals surface area contributed by atoms with Crippen LogP contribution in [0.25, 0.3) is 0 Å². The van der Waals surface area contributed by atoms with Gasteiger partial charge in [-0.2, -0.15) is 5.10 Å². The van der Waals surface area contributed by atoms with E-state index in [9.17, 15) is 24.9 Å². The number of nitrogens with one attached hydrogen (secondary N) is 1. The molecule has 0 saturated carbocycles. The van der Waals surface area contributed by atoms with Gasteiger partial charge in [-0.15, -0.1) is 0 Å². The second-order valence-corrected chi connectivity index (χ2v) is 4.29. The van der Waals surface area contributed by atoms with E-state index < -0.39 is 36.3 Å². The maximum absolute atomic E-state index is 11.6. The van der Waals surface area contributed by atoms with E-state index in [1.54, 1.807) is 6.07 Å². The first-order chi connectivity index (χ1) is 10.0. The molecular weight excluding hydrogens is 282 g/mol. The summed E-state index contributed by atoms with van der Waals surface area (Å²) in [4.78, 5) is 26.4. The Morgan fingerprint density at radius 3 is 2.86 bits per heavy atom. The largest absolute Gasteiger partial charge is 0.454 e. The maximum atomic E-state index is 11.6. The van der Waals surface area contributed by atoms with Crippen LogP contribution in [-0.4, -0.2) is 62.8 Å². The fourth-order valence-corrected chi connectivity index (χ4v) is 1.68. The number of amides is 1. The maximum Gasteiger partial charge on any atom is 0.338 e. The molecule has 2 heterocycles. The van der Waals surface area contributed by atoms with Crippen LogP contribution in [0.4, 0.5) is 0 Å². The molecule has 2 rings (SSSR count). The predicted octanol–water partition coefficient (Wildman–Crippen LogP) is -2.19. The average molecular weight is 295 g/mol. The predicted molar refractivity (Wildman–Crippen MR) is 68.1 cm³/mol. The lowest BCUT2D eigenvalue weighted by Crippen LogP contribution is -2.39. The molecule has 0 aromatic carbocycles. The average Bonchev–Trinajstić information content (AvgIpc) is 2.75. The van der Waals surface area contributed by atoms with Crippen molar-refractivity contribution in [2.24, 2.45) is 5.10 Å². The number of hydrazone groups is 1. The minimum absolute atomic E-state index is 0.270. The van der Waals surface area contributed by atoms with Crippen molar-refractivity contribution < 1.29 is 29.6 Å². The SMILES string of the molecule is O=C(N/N=C/C(O)C1OC(=O)C(O)C1O)c1cccnc1. The first-order valence-corrected chi connectivity index (χ1v) is 5.99. The zero-order chi connectivity index (χ0) is 15.4. The number of aliphatic hydroxyl groups excluding tert-OH is 3. The summed E-state index contributed by atoms with van der Waals surface area (Å²) in [6, 6.07) is 3.09. The molecule has 112 valence electrons. The van der Waals surface area contributed by atoms with Gasteiger partial charge in [-0.05, 0) is 12.1 Å². The van der Waals surface area contributed by atoms with Crippen LogP contribution in [0, 0.1) is 0 Å². The number of carbonyl (C=O) groups is 2. The standard InChI is InChI=1S/C12H13N3O6/c16-7(10-8(17)9(18)12(20)21-10)5-14-15-11(19)6-2-1-3-13-4-6/h1-5,7-10,16-18H,(H,15,19)/b14-5+. The van der Waals surface area contributed by atoms with Gasteiger partial charge in [0.2, 0.25) is 0 Å². The Bertz CT molecular complexity index is 549. The molecule has 1 saturated heterocycles. The molecule has 1 aliphatic rings. The fraction of sp³-hybridized carbons (Fsp3) is 0.333. The first-order valence-electron chi connectivity index (χ1n) is 5.99. The molecule has 0 aliphatic carbocycles. The number of nitrogens with zero attached hydrogens (tertiary/aromatic N) is 2. The van der Waals surface area contributed by atoms with E-state index >= 15 is 0 Å². The Hall–Kier alpha value is -2.36. The number of carbonyl (C=O) groups excluding carboxylic acids is 2. The Morgan fingerprint density at radius 1 is 1.52 bits per heavy atom. The number of pyridine rings is 1. The summed E-state index contributed by atoms with van der Waals surface area (Å²) in [5, 5.41) is 31.8. The highest BCUT2D eigenvalue weighted by molar-refractivity contribution is 5.94. The van der Waals surface area contributed by atoms with E-state index in [0.717, 1.165) is 6.21 Å². The molecule has 4 atom stereocenters. The summed E-state index contributed by atoms with van der Waals surface area (Å²) < 4.78 is 4.59. The number of aromatic nitrogens is 1. The van der Waals surface area contributed by atoms with Gasteiger partial charge in [-0.1, -0.05) is 0 Å². The van der Waals surface area contributed by atoms with Gasteiger partial charge in [-0.25, -0.2) is 10.2 Å². The van der Waals surface area contributed by atoms with E-state index in [-0.39, 0.29) is 5.56 Å². The Morgan fingerprint density at radius 2 is 2.29 bits per heavy atom. The zero-order valence-electron chi connectivity index (χ0n) is 10.7. The molecule has 4 N–H and O–H groups in total. The summed E-state index contributed by atoms with van der Waals surface area (Å²) in [6.45, 7) is 0. The zero-order valence-corrected chi connectivity index (χ0v) is 10.7. The van der Waals surface area contributed by atoms with Crippen LogP contribution < -0.4 is 5.43 Å². The van der Waals surface area contributed by atoms with Crippen LogP contribution in [0.15, 0.2) is 29.6 Å². The third-order valence-electron chi connectivity index (χ3n) is 2.81. The number of aliphatic hydroxyl groups is 3. The number of rotatable bonds is 4. The van der Waals surface area contributed by atoms with Crippen LogP contribution >= 0.6 is 0 Å². The quantitative estimate of drug-likeness (QED) is 0.281. The summed E-state index contributed by atoms with van der Waals surface area (Å²) in [5.74, 6) is -1.57. The second kappa shape index (κ2) is 6.39. The number of hydrogen-bond acceptors (Lipinski definition) is 8. The van der Waals surface area contributed by atoms with Gasteiger partial charge in [-0.3, -0.25) is 9.78 Å². The molecule has 4 unspecified atom stereocenters. The minimum Gasteiger partial charge on any atom is -0.454 e. The van der Waals surface area contributed by atoms with Crippen LogP contribution in [-0.2, 0) is 9.53 Å². The third-order valence-corrected chi connectivity index (χ3v) is 2.81. The van der Waals surface area contributed by atoms with Gasteiger partial charge < -0.3 is 20.1 Å². The van der Waals surface area contributed by atoms with E-state index in [1.165, 1.54) is 18.5 Å². The fourth-order valence-electron chi connectivity index (χ4n) is 1.68. The van der Waals surface area contributed by atoms with Crippen molar-refractivity contribution in [3.05, 3.63) is 30.1 Å². The van der Waals surface area contributed by atoms with Crippen molar-refractivity contribution in [2.75, 3.05) is 0 Å². The lowest BCUT2D eigenvalue weighted by molar-refractivity contribution is -0.149. The van der Waals surface area contributed by atoms with Gasteiger partial charge in [0.05, 0.1) is 11.8 Å². The molecule has 1 amide bonds. The highest BCUT2D eigenvalue weighted by Crippen LogP contribution is 2.18. The molecule has 0 spiro atoms. The van der Waals surface area contributed by atoms with Crippen molar-refractivity contribution >= 4 is 18.1 Å². The molecule has 1 aliphatic heterocycles. The highest BCUT2D eigenvalue weighted by atomic mass is 16.6. The normalized spacial score (nSPS) is 26.6. The van der Waals surface area contributed by atoms with E-state index in [1.807, 2.05) is 0 Å². The van der Waals surface area contributed by atoms with Crippen LogP contribution in [0.1, 0.15) is 10.4 Å². The van der Waals surface area contributed by atoms with Crippen molar-refractivity contribution in [2.45, 2.75) is 24.4 Å². The van der Waals surface area contributed by atoms with E-state index in [4.69, 9.17) is 0 Å². The van der Waals surface area contributed by atoms with Crippen LogP contribution in [0.3, 0.4) is 0 Å². The van der Waals surface area contributed by atoms with Gasteiger partial charge in [0, 0.05) is 12.4 Å². The monoisotopic (exact) mass is 295 g/mol. The molecule has 0 bridgehead atoms. The van der Waals surface area contributed by atoms with Crippen LogP contribution in [0.5, 0.6) is 0 Å². The number of ether oxygens (including phenoxy) is 1. The summed E-state index contributed by atoms with van der Waals surface area (Å²) in [5.41, 5.74) is 2.41. The molecule has 21 heavy (non-hydrogen) atoms. The number of esters is 1. The highest BCUT2D eigenvalue weighted by Gasteiger charge is 2.45. The lowest BCUT2D eigenvalue weighted by atomic mass is 10.1. The van der Waals surface area contributed by atoms with Crippen molar-refractivity contribution in [3.63, 3.8) is 0 Å². The van der Waals surface area contributed by atoms with Crippen molar-refractivity contribution in [1.82, 2.24) is 10.4 Å². The van der Waals surface area contributed by atoms with Crippen molar-refractivity contribution in [3.8, 4) is 0 Å². The summed E-state index contributed by atoms with van der Waals surface area (Å²) >= 11 is 0. The first kappa shape index (κ1) is 15.0. The smallest absolute Gasteiger partial charge is 0.338 e. The minimum atomic E-state index is -1.71. The third kappa shape index (κ3) is 3.40. The van der Waals surface area contributed by atoms with E-state index in [0.29, 0.717) is 0 Å². The Labute approximate surface area is 118 Å². The van der Waals surface area contributed by atoms with Gasteiger partial charge in [0.25, 0.3) is 5.91 Å². The second-order valence-electron chi connectivity index (χ2n) is 4.29. The lowest BCUT2D eigenvalue weighted by Gasteiger charge is -2.16. The van der Waals surface area contributed by atoms with Gasteiger partial charge >= 0.3 is 5.97 Å². The number of cyclic esters (lactones) is 1. The van der Waals surface area contributed by atoms with Crippen molar-refractivity contribution in [1.29, 1.82) is 0 Å². The molecule has 9 nitrogen and oxygen atoms in total. The molecule has 1 aromatic heterocycles. The molecular formula is C12H13N3O6. The molecule has 1 aromatic rings. The van der Waals surface area contributed by atoms with Gasteiger partial charge in [0.1, 0.15) is 12.2 Å². The summed E-state index contributed by atoms with van der Waals surface area (Å²) in [6.07, 6.45) is -2.36. The Balaban J connectivity index is 1.90. The van der Waals surface area contributed by atoms with Crippen LogP contribution in [0.2, 0.25) is 0 Å². The summed E-state index contributed by atoms with van der Waals surface area (Å²) in [7, 11) is 0. The number of hydrogen-bond donors (Lipinski definition) is 4. The molecule has 9 heteroatoms. The Kier molecular flexibility index (Phi) is 4.58. The van der Waals surface area contributed by atoms with Gasteiger partial charge in [0.15, 0.2) is 12.2 Å².